The number of rotatable bonds is 24. The molecule has 4 N–H and O–H groups in total. The first-order valence-electron chi connectivity index (χ1n) is 17.5. The second kappa shape index (κ2) is 33.9. The van der Waals surface area contributed by atoms with E-state index >= 15 is 0 Å². The number of aliphatic carboxylic acids is 1. The first-order valence-corrected chi connectivity index (χ1v) is 19.8. The van der Waals surface area contributed by atoms with Gasteiger partial charge >= 0.3 is 5.97 Å². The van der Waals surface area contributed by atoms with Gasteiger partial charge in [-0.05, 0) is 107 Å². The van der Waals surface area contributed by atoms with Gasteiger partial charge in [0.15, 0.2) is 0 Å². The predicted molar refractivity (Wildman–Crippen MR) is 218 cm³/mol. The molecule has 0 aliphatic carbocycles. The van der Waals surface area contributed by atoms with Crippen molar-refractivity contribution in [3.8, 4) is 0 Å². The van der Waals surface area contributed by atoms with E-state index in [1.807, 2.05) is 0 Å². The second-order valence-corrected chi connectivity index (χ2v) is 15.4. The van der Waals surface area contributed by atoms with E-state index in [2.05, 4.69) is 102 Å². The molecule has 2 atom stereocenters. The predicted octanol–water partition coefficient (Wildman–Crippen LogP) is 9.95. The molecule has 0 fully saturated rings. The third-order valence-electron chi connectivity index (χ3n) is 7.28. The number of hydrogen-bond donors (Lipinski definition) is 3. The van der Waals surface area contributed by atoms with Crippen LogP contribution in [-0.4, -0.2) is 63.9 Å². The molecular formula is C40H66N3O5S2Y-. The van der Waals surface area contributed by atoms with Gasteiger partial charge in [-0.15, -0.1) is 0 Å². The van der Waals surface area contributed by atoms with Crippen molar-refractivity contribution in [1.29, 1.82) is 0 Å². The molecule has 51 heavy (non-hydrogen) atoms. The smallest absolute Gasteiger partial charge is 0.327 e. The standard InChI is InChI=1S/C20H34N2O2S.C20H33NO3S.Y/c1-15(2)8-6-9-16(3)10-7-11-17(4)12-13-25-14-19(20(21)24)22-18(5)23;1-15(2)8-6-9-16(3)10-7-11-17(4)12-13-25-14-19(20(23)24)21-18(5)22;/h8,10,12,19H,6-7,9,11,13-14H2,1-5H3,(H3,21,22,23,24);8,10,12,19H,6-7,9,11,13-14H2,1-5H3,(H,21,22)(H,23,24);/p-1/b2*16-10+,17-12+;. The van der Waals surface area contributed by atoms with Crippen LogP contribution in [0.5, 0.6) is 0 Å². The Morgan fingerprint density at radius 2 is 0.863 bits per heavy atom. The third-order valence-corrected chi connectivity index (χ3v) is 9.23. The van der Waals surface area contributed by atoms with Crippen molar-refractivity contribution < 1.29 is 57.0 Å². The van der Waals surface area contributed by atoms with Gasteiger partial charge in [0.1, 0.15) is 6.04 Å². The fourth-order valence-electron chi connectivity index (χ4n) is 4.30. The molecule has 1 radical (unpaired) electrons. The maximum absolute atomic E-state index is 11.1. The molecule has 0 saturated carbocycles. The summed E-state index contributed by atoms with van der Waals surface area (Å²) in [6.45, 7) is 19.8. The van der Waals surface area contributed by atoms with Crippen LogP contribution in [0.25, 0.3) is 5.73 Å². The zero-order valence-corrected chi connectivity index (χ0v) is 37.5. The van der Waals surface area contributed by atoms with Gasteiger partial charge in [-0.3, -0.25) is 9.59 Å². The van der Waals surface area contributed by atoms with E-state index < -0.39 is 24.0 Å². The average molecular weight is 822 g/mol. The summed E-state index contributed by atoms with van der Waals surface area (Å²) in [7, 11) is 0. The van der Waals surface area contributed by atoms with Crippen LogP contribution in [0.2, 0.25) is 0 Å². The number of carboxylic acid groups (broad SMARTS) is 1. The summed E-state index contributed by atoms with van der Waals surface area (Å²) < 4.78 is 0. The Labute approximate surface area is 343 Å². The zero-order chi connectivity index (χ0) is 38.5. The van der Waals surface area contributed by atoms with Crippen molar-refractivity contribution >= 4 is 47.2 Å². The van der Waals surface area contributed by atoms with E-state index in [9.17, 15) is 19.2 Å². The monoisotopic (exact) mass is 821 g/mol. The van der Waals surface area contributed by atoms with E-state index in [4.69, 9.17) is 10.8 Å². The van der Waals surface area contributed by atoms with E-state index in [0.717, 1.165) is 62.9 Å². The second-order valence-electron chi connectivity index (χ2n) is 13.2. The minimum absolute atomic E-state index is 0. The summed E-state index contributed by atoms with van der Waals surface area (Å²) in [4.78, 5) is 44.1. The number of amides is 3. The van der Waals surface area contributed by atoms with Crippen LogP contribution >= 0.6 is 23.5 Å². The van der Waals surface area contributed by atoms with Crippen LogP contribution in [-0.2, 0) is 51.9 Å². The topological polar surface area (TPSA) is 136 Å². The van der Waals surface area contributed by atoms with Gasteiger partial charge in [-0.1, -0.05) is 69.9 Å². The summed E-state index contributed by atoms with van der Waals surface area (Å²) in [6.07, 6.45) is 22.1. The Kier molecular flexibility index (Phi) is 35.6. The molecule has 8 nitrogen and oxygen atoms in total. The Balaban J connectivity index is -0.000000886. The first-order chi connectivity index (χ1) is 23.4. The van der Waals surface area contributed by atoms with E-state index in [1.165, 1.54) is 59.0 Å². The molecule has 2 unspecified atom stereocenters. The van der Waals surface area contributed by atoms with E-state index in [1.54, 1.807) is 11.8 Å². The van der Waals surface area contributed by atoms with Crippen LogP contribution in [0.1, 0.15) is 121 Å². The normalized spacial score (nSPS) is 13.1. The Morgan fingerprint density at radius 1 is 0.549 bits per heavy atom. The molecule has 0 rings (SSSR count). The van der Waals surface area contributed by atoms with Crippen molar-refractivity contribution in [2.24, 2.45) is 0 Å². The van der Waals surface area contributed by atoms with Gasteiger partial charge in [0.05, 0.1) is 11.9 Å². The van der Waals surface area contributed by atoms with Crippen LogP contribution < -0.4 is 10.6 Å². The fourth-order valence-corrected chi connectivity index (χ4v) is 6.31. The van der Waals surface area contributed by atoms with Crippen molar-refractivity contribution in [2.45, 2.75) is 133 Å². The molecule has 0 aliphatic heterocycles. The maximum atomic E-state index is 11.1. The van der Waals surface area contributed by atoms with Gasteiger partial charge in [0.2, 0.25) is 11.8 Å². The average Bonchev–Trinajstić information content (AvgIpc) is 2.99. The quantitative estimate of drug-likeness (QED) is 0.0652. The van der Waals surface area contributed by atoms with Gasteiger partial charge in [0, 0.05) is 69.6 Å². The molecule has 0 bridgehead atoms. The number of hydrogen-bond acceptors (Lipinski definition) is 6. The van der Waals surface area contributed by atoms with Crippen LogP contribution in [0.3, 0.4) is 0 Å². The molecular weight excluding hydrogens is 755 g/mol. The van der Waals surface area contributed by atoms with Gasteiger partial charge in [0.25, 0.3) is 0 Å². The SMILES string of the molecule is CC(=O)NC(CSC/C=C(\C)CC/C=C(\C)CCC=C(C)C)C(=O)O.CC(=O)NC(CSC/C=C(\C)CC/C=C(\C)CCC=C(C)C)C([NH-])=O.[Y]. The van der Waals surface area contributed by atoms with Crippen LogP contribution in [0.15, 0.2) is 69.9 Å². The molecule has 11 heteroatoms. The third kappa shape index (κ3) is 37.7. The minimum Gasteiger partial charge on any atom is -0.666 e. The van der Waals surface area contributed by atoms with Gasteiger partial charge in [-0.25, -0.2) is 4.79 Å². The first kappa shape index (κ1) is 53.5. The molecule has 0 heterocycles. The number of carbonyl (C=O) groups is 4. The maximum Gasteiger partial charge on any atom is 0.327 e. The van der Waals surface area contributed by atoms with Crippen molar-refractivity contribution in [1.82, 2.24) is 10.6 Å². The Morgan fingerprint density at radius 3 is 1.18 bits per heavy atom. The minimum atomic E-state index is -0.989. The molecule has 0 saturated heterocycles. The molecule has 0 spiro atoms. The summed E-state index contributed by atoms with van der Waals surface area (Å²) >= 11 is 3.08. The Hall–Kier alpha value is -1.88. The van der Waals surface area contributed by atoms with Gasteiger partial charge < -0.3 is 26.3 Å². The van der Waals surface area contributed by atoms with E-state index in [-0.39, 0.29) is 44.5 Å². The molecule has 0 aromatic carbocycles. The Bertz CT molecular complexity index is 1140. The number of thioether (sulfide) groups is 2. The summed E-state index contributed by atoms with van der Waals surface area (Å²) in [5, 5.41) is 14.0. The summed E-state index contributed by atoms with van der Waals surface area (Å²) in [5.74, 6) is 0.0547. The number of nitrogens with one attached hydrogen (secondary N) is 3. The molecule has 287 valence electrons. The number of carboxylic acids is 1. The zero-order valence-electron chi connectivity index (χ0n) is 33.1. The number of carbonyl (C=O) groups excluding carboxylic acids is 3. The summed E-state index contributed by atoms with van der Waals surface area (Å²) in [6, 6.07) is -1.52. The molecule has 3 amide bonds. The van der Waals surface area contributed by atoms with E-state index in [0.29, 0.717) is 11.5 Å². The molecule has 0 aromatic heterocycles. The molecule has 0 aliphatic rings. The number of allylic oxidation sites excluding steroid dienone is 10. The van der Waals surface area contributed by atoms with Crippen molar-refractivity contribution in [2.75, 3.05) is 23.0 Å². The van der Waals surface area contributed by atoms with Crippen molar-refractivity contribution in [3.63, 3.8) is 0 Å². The summed E-state index contributed by atoms with van der Waals surface area (Å²) in [5.41, 5.74) is 15.4. The fraction of sp³-hybridized carbons (Fsp3) is 0.600. The molecule has 0 aromatic rings. The van der Waals surface area contributed by atoms with Crippen LogP contribution in [0, 0.1) is 0 Å². The van der Waals surface area contributed by atoms with Crippen molar-refractivity contribution in [3.05, 3.63) is 75.6 Å². The van der Waals surface area contributed by atoms with Gasteiger partial charge in [-0.2, -0.15) is 23.5 Å². The largest absolute Gasteiger partial charge is 0.666 e. The van der Waals surface area contributed by atoms with Crippen LogP contribution in [0.4, 0.5) is 0 Å².